The van der Waals surface area contributed by atoms with E-state index in [1.165, 1.54) is 18.4 Å². The normalized spacial score (nSPS) is 15.6. The molecule has 0 heterocycles. The smallest absolute Gasteiger partial charge is 0.168 e. The molecule has 0 saturated heterocycles. The fourth-order valence-corrected chi connectivity index (χ4v) is 2.08. The minimum Gasteiger partial charge on any atom is -0.493 e. The van der Waals surface area contributed by atoms with Crippen LogP contribution in [0.4, 0.5) is 0 Å². The molecule has 0 amide bonds. The van der Waals surface area contributed by atoms with Crippen molar-refractivity contribution >= 4 is 6.08 Å². The van der Waals surface area contributed by atoms with Gasteiger partial charge in [0.2, 0.25) is 0 Å². The third kappa shape index (κ3) is 4.27. The monoisotopic (exact) mass is 275 g/mol. The Hall–Kier alpha value is -1.48. The summed E-state index contributed by atoms with van der Waals surface area (Å²) >= 11 is 0. The van der Waals surface area contributed by atoms with E-state index in [9.17, 15) is 0 Å². The summed E-state index contributed by atoms with van der Waals surface area (Å²) in [5, 5.41) is 3.53. The molecule has 0 radical (unpaired) electrons. The van der Waals surface area contributed by atoms with Crippen LogP contribution in [-0.4, -0.2) is 25.8 Å². The van der Waals surface area contributed by atoms with Crippen LogP contribution in [0.25, 0.3) is 6.08 Å². The summed E-state index contributed by atoms with van der Waals surface area (Å²) in [7, 11) is 1.68. The van der Waals surface area contributed by atoms with E-state index >= 15 is 0 Å². The first-order valence-electron chi connectivity index (χ1n) is 7.34. The molecule has 0 atom stereocenters. The topological polar surface area (TPSA) is 30.5 Å². The summed E-state index contributed by atoms with van der Waals surface area (Å²) in [6.07, 6.45) is 4.93. The number of hydrogen-bond donors (Lipinski definition) is 1. The van der Waals surface area contributed by atoms with Crippen molar-refractivity contribution in [1.29, 1.82) is 0 Å². The molecule has 2 rings (SSSR count). The predicted octanol–water partition coefficient (Wildman–Crippen LogP) is 3.64. The lowest BCUT2D eigenvalue weighted by atomic mass is 10.1. The van der Waals surface area contributed by atoms with E-state index in [-0.39, 0.29) is 6.10 Å². The van der Waals surface area contributed by atoms with Gasteiger partial charge in [-0.15, -0.1) is 0 Å². The van der Waals surface area contributed by atoms with Gasteiger partial charge in [-0.2, -0.15) is 0 Å². The van der Waals surface area contributed by atoms with Crippen molar-refractivity contribution in [3.63, 3.8) is 0 Å². The minimum atomic E-state index is 0.128. The van der Waals surface area contributed by atoms with Gasteiger partial charge < -0.3 is 14.8 Å². The van der Waals surface area contributed by atoms with Crippen molar-refractivity contribution in [2.45, 2.75) is 45.8 Å². The maximum Gasteiger partial charge on any atom is 0.168 e. The van der Waals surface area contributed by atoms with Crippen molar-refractivity contribution in [2.75, 3.05) is 13.7 Å². The van der Waals surface area contributed by atoms with Gasteiger partial charge in [0.25, 0.3) is 0 Å². The first-order chi connectivity index (χ1) is 9.60. The molecule has 0 aliphatic heterocycles. The van der Waals surface area contributed by atoms with E-state index < -0.39 is 0 Å². The van der Waals surface area contributed by atoms with E-state index in [1.807, 2.05) is 26.0 Å². The molecule has 110 valence electrons. The zero-order chi connectivity index (χ0) is 14.5. The maximum absolute atomic E-state index is 5.92. The van der Waals surface area contributed by atoms with Crippen LogP contribution in [0.2, 0.25) is 0 Å². The summed E-state index contributed by atoms with van der Waals surface area (Å²) < 4.78 is 11.3. The van der Waals surface area contributed by atoms with Gasteiger partial charge in [0.15, 0.2) is 11.5 Å². The molecule has 0 spiro atoms. The summed E-state index contributed by atoms with van der Waals surface area (Å²) in [6, 6.07) is 6.74. The lowest BCUT2D eigenvalue weighted by Gasteiger charge is -2.16. The summed E-state index contributed by atoms with van der Waals surface area (Å²) in [5.41, 5.74) is 2.38. The Kier molecular flexibility index (Phi) is 5.07. The zero-order valence-corrected chi connectivity index (χ0v) is 12.9. The Morgan fingerprint density at radius 2 is 2.15 bits per heavy atom. The summed E-state index contributed by atoms with van der Waals surface area (Å²) in [5.74, 6) is 1.62. The van der Waals surface area contributed by atoms with Crippen molar-refractivity contribution in [3.8, 4) is 11.5 Å². The second-order valence-electron chi connectivity index (χ2n) is 5.69. The number of nitrogens with one attached hydrogen (secondary N) is 1. The number of ether oxygens (including phenoxy) is 2. The largest absolute Gasteiger partial charge is 0.493 e. The third-order valence-corrected chi connectivity index (χ3v) is 3.23. The standard InChI is InChI=1S/C17H25NO2/c1-12(2)20-17-14(6-5-7-16(17)19-4)10-13(3)11-18-15-8-9-15/h5-7,10,12,15,18H,8-9,11H2,1-4H3. The average molecular weight is 275 g/mol. The Bertz CT molecular complexity index is 476. The van der Waals surface area contributed by atoms with Gasteiger partial charge in [-0.3, -0.25) is 0 Å². The molecule has 0 bridgehead atoms. The molecule has 20 heavy (non-hydrogen) atoms. The van der Waals surface area contributed by atoms with Gasteiger partial charge in [-0.05, 0) is 39.7 Å². The highest BCUT2D eigenvalue weighted by Gasteiger charge is 2.20. The van der Waals surface area contributed by atoms with Gasteiger partial charge in [0.1, 0.15) is 0 Å². The predicted molar refractivity (Wildman–Crippen MR) is 83.4 cm³/mol. The Morgan fingerprint density at radius 3 is 2.75 bits per heavy atom. The van der Waals surface area contributed by atoms with Crippen LogP contribution in [0.1, 0.15) is 39.2 Å². The van der Waals surface area contributed by atoms with Crippen LogP contribution in [0, 0.1) is 0 Å². The van der Waals surface area contributed by atoms with Gasteiger partial charge in [-0.1, -0.05) is 23.8 Å². The highest BCUT2D eigenvalue weighted by Crippen LogP contribution is 2.33. The number of benzene rings is 1. The zero-order valence-electron chi connectivity index (χ0n) is 12.9. The molecular weight excluding hydrogens is 250 g/mol. The molecular formula is C17H25NO2. The molecule has 1 aromatic carbocycles. The van der Waals surface area contributed by atoms with Crippen molar-refractivity contribution in [3.05, 3.63) is 29.3 Å². The van der Waals surface area contributed by atoms with Crippen LogP contribution in [0.15, 0.2) is 23.8 Å². The average Bonchev–Trinajstić information content (AvgIpc) is 3.22. The fraction of sp³-hybridized carbons (Fsp3) is 0.529. The molecule has 1 saturated carbocycles. The second kappa shape index (κ2) is 6.80. The Balaban J connectivity index is 2.17. The van der Waals surface area contributed by atoms with Gasteiger partial charge >= 0.3 is 0 Å². The molecule has 3 nitrogen and oxygen atoms in total. The molecule has 1 fully saturated rings. The fourth-order valence-electron chi connectivity index (χ4n) is 2.08. The highest BCUT2D eigenvalue weighted by atomic mass is 16.5. The van der Waals surface area contributed by atoms with Crippen molar-refractivity contribution in [1.82, 2.24) is 5.32 Å². The lowest BCUT2D eigenvalue weighted by molar-refractivity contribution is 0.229. The first-order valence-corrected chi connectivity index (χ1v) is 7.34. The summed E-state index contributed by atoms with van der Waals surface area (Å²) in [6.45, 7) is 7.14. The van der Waals surface area contributed by atoms with E-state index in [0.29, 0.717) is 0 Å². The molecule has 1 aliphatic carbocycles. The molecule has 1 aromatic rings. The lowest BCUT2D eigenvalue weighted by Crippen LogP contribution is -2.18. The minimum absolute atomic E-state index is 0.128. The van der Waals surface area contributed by atoms with Crippen LogP contribution in [-0.2, 0) is 0 Å². The molecule has 1 aliphatic rings. The number of para-hydroxylation sites is 1. The quantitative estimate of drug-likeness (QED) is 0.824. The number of hydrogen-bond acceptors (Lipinski definition) is 3. The molecule has 3 heteroatoms. The Morgan fingerprint density at radius 1 is 1.40 bits per heavy atom. The second-order valence-corrected chi connectivity index (χ2v) is 5.69. The van der Waals surface area contributed by atoms with Gasteiger partial charge in [0, 0.05) is 18.2 Å². The molecule has 0 aromatic heterocycles. The van der Waals surface area contributed by atoms with Gasteiger partial charge in [0.05, 0.1) is 13.2 Å². The highest BCUT2D eigenvalue weighted by molar-refractivity contribution is 5.64. The third-order valence-electron chi connectivity index (χ3n) is 3.23. The first kappa shape index (κ1) is 14.9. The SMILES string of the molecule is COc1cccc(C=C(C)CNC2CC2)c1OC(C)C. The van der Waals surface area contributed by atoms with Crippen LogP contribution in [0.3, 0.4) is 0 Å². The number of rotatable bonds is 7. The van der Waals surface area contributed by atoms with Crippen LogP contribution in [0.5, 0.6) is 11.5 Å². The van der Waals surface area contributed by atoms with Crippen LogP contribution < -0.4 is 14.8 Å². The van der Waals surface area contributed by atoms with E-state index in [2.05, 4.69) is 24.4 Å². The van der Waals surface area contributed by atoms with E-state index in [1.54, 1.807) is 7.11 Å². The van der Waals surface area contributed by atoms with E-state index in [4.69, 9.17) is 9.47 Å². The van der Waals surface area contributed by atoms with Crippen LogP contribution >= 0.6 is 0 Å². The number of methoxy groups -OCH3 is 1. The van der Waals surface area contributed by atoms with Gasteiger partial charge in [-0.25, -0.2) is 0 Å². The van der Waals surface area contributed by atoms with Crippen molar-refractivity contribution in [2.24, 2.45) is 0 Å². The Labute approximate surface area is 122 Å². The maximum atomic E-state index is 5.92. The summed E-state index contributed by atoms with van der Waals surface area (Å²) in [4.78, 5) is 0. The van der Waals surface area contributed by atoms with E-state index in [0.717, 1.165) is 29.6 Å². The molecule has 0 unspecified atom stereocenters. The molecule has 1 N–H and O–H groups in total. The van der Waals surface area contributed by atoms with Crippen molar-refractivity contribution < 1.29 is 9.47 Å².